The van der Waals surface area contributed by atoms with Crippen LogP contribution in [-0.4, -0.2) is 52.2 Å². The third-order valence-electron chi connectivity index (χ3n) is 2.67. The molecule has 0 spiro atoms. The number of hydrogen-bond acceptors (Lipinski definition) is 8. The zero-order valence-electron chi connectivity index (χ0n) is 12.1. The summed E-state index contributed by atoms with van der Waals surface area (Å²) in [6, 6.07) is 0.717. The van der Waals surface area contributed by atoms with Crippen molar-refractivity contribution < 1.29 is 17.9 Å². The third-order valence-corrected chi connectivity index (χ3v) is 5.69. The number of nitrogens with zero attached hydrogens (tertiary/aromatic N) is 3. The molecule has 0 saturated heterocycles. The highest BCUT2D eigenvalue weighted by Crippen LogP contribution is 2.21. The summed E-state index contributed by atoms with van der Waals surface area (Å²) in [6.45, 7) is 1.65. The van der Waals surface area contributed by atoms with Crippen LogP contribution in [0.5, 0.6) is 0 Å². The van der Waals surface area contributed by atoms with Crippen LogP contribution >= 0.6 is 11.3 Å². The number of aliphatic imine (C=N–C) groups is 2. The monoisotopic (exact) mass is 345 g/mol. The lowest BCUT2D eigenvalue weighted by Crippen LogP contribution is -2.45. The van der Waals surface area contributed by atoms with Gasteiger partial charge in [0.05, 0.1) is 6.34 Å². The first-order valence-electron chi connectivity index (χ1n) is 6.08. The van der Waals surface area contributed by atoms with Crippen molar-refractivity contribution in [1.82, 2.24) is 14.9 Å². The average Bonchev–Trinajstić information content (AvgIpc) is 2.87. The molecule has 2 rings (SSSR count). The van der Waals surface area contributed by atoms with Crippen LogP contribution in [-0.2, 0) is 14.8 Å². The molecule has 1 aliphatic heterocycles. The van der Waals surface area contributed by atoms with Gasteiger partial charge in [0.2, 0.25) is 12.3 Å². The lowest BCUT2D eigenvalue weighted by molar-refractivity contribution is 0.0279. The minimum atomic E-state index is -3.92. The van der Waals surface area contributed by atoms with Crippen molar-refractivity contribution in [3.05, 3.63) is 17.0 Å². The Balaban J connectivity index is 2.05. The molecule has 0 fully saturated rings. The van der Waals surface area contributed by atoms with Crippen molar-refractivity contribution >= 4 is 39.7 Å². The van der Waals surface area contributed by atoms with E-state index in [0.717, 1.165) is 11.3 Å². The molecule has 0 bridgehead atoms. The summed E-state index contributed by atoms with van der Waals surface area (Å²) >= 11 is 1.03. The molecule has 2 heterocycles. The number of thiophene rings is 1. The fourth-order valence-corrected chi connectivity index (χ4v) is 3.97. The van der Waals surface area contributed by atoms with Crippen molar-refractivity contribution in [2.24, 2.45) is 9.98 Å². The van der Waals surface area contributed by atoms with Gasteiger partial charge in [-0.2, -0.15) is 4.99 Å². The maximum Gasteiger partial charge on any atom is 0.335 e. The zero-order chi connectivity index (χ0) is 16.3. The number of methoxy groups -OCH3 is 1. The van der Waals surface area contributed by atoms with E-state index in [4.69, 9.17) is 4.74 Å². The molecule has 1 atom stereocenters. The Morgan fingerprint density at radius 2 is 2.23 bits per heavy atom. The Hall–Kier alpha value is -1.98. The van der Waals surface area contributed by atoms with Gasteiger partial charge in [-0.05, 0) is 23.9 Å². The van der Waals surface area contributed by atoms with Crippen LogP contribution < -0.4 is 10.0 Å². The number of sulfonamides is 1. The van der Waals surface area contributed by atoms with E-state index in [-0.39, 0.29) is 10.2 Å². The van der Waals surface area contributed by atoms with Crippen LogP contribution in [0.3, 0.4) is 0 Å². The predicted molar refractivity (Wildman–Crippen MR) is 82.4 cm³/mol. The molecule has 0 aromatic carbocycles. The molecular weight excluding hydrogens is 330 g/mol. The second-order valence-corrected chi connectivity index (χ2v) is 7.17. The summed E-state index contributed by atoms with van der Waals surface area (Å²) < 4.78 is 31.2. The third kappa shape index (κ3) is 3.61. The zero-order valence-corrected chi connectivity index (χ0v) is 13.7. The topological polar surface area (TPSA) is 112 Å². The summed E-state index contributed by atoms with van der Waals surface area (Å²) in [6.07, 6.45) is 0.776. The van der Waals surface area contributed by atoms with E-state index in [0.29, 0.717) is 5.56 Å². The van der Waals surface area contributed by atoms with Crippen LogP contribution in [0.15, 0.2) is 25.6 Å². The summed E-state index contributed by atoms with van der Waals surface area (Å²) in [5, 5.41) is 3.90. The molecule has 0 radical (unpaired) electrons. The molecule has 1 unspecified atom stereocenters. The van der Waals surface area contributed by atoms with Crippen molar-refractivity contribution in [2.45, 2.75) is 17.5 Å². The van der Waals surface area contributed by atoms with E-state index in [1.807, 2.05) is 4.72 Å². The standard InChI is InChI=1S/C11H15N5O4S2/c1-7-4-5-21-8(7)22(18,19)15-10(17)13-9-12-6-16(2)11(14-9)20-3/h4-6,11H,1-3H3,(H2,13,14,15,17). The smallest absolute Gasteiger partial charge is 0.335 e. The number of carbonyl (C=O) groups is 1. The Kier molecular flexibility index (Phi) is 4.78. The van der Waals surface area contributed by atoms with Crippen molar-refractivity contribution in [3.63, 3.8) is 0 Å². The van der Waals surface area contributed by atoms with E-state index < -0.39 is 22.4 Å². The first kappa shape index (κ1) is 16.4. The predicted octanol–water partition coefficient (Wildman–Crippen LogP) is 0.304. The molecule has 9 nitrogen and oxygen atoms in total. The van der Waals surface area contributed by atoms with Crippen molar-refractivity contribution in [1.29, 1.82) is 0 Å². The van der Waals surface area contributed by atoms with Gasteiger partial charge in [-0.15, -0.1) is 11.3 Å². The molecule has 11 heteroatoms. The van der Waals surface area contributed by atoms with Crippen molar-refractivity contribution in [2.75, 3.05) is 14.2 Å². The number of aryl methyl sites for hydroxylation is 1. The molecule has 22 heavy (non-hydrogen) atoms. The molecule has 1 aromatic rings. The van der Waals surface area contributed by atoms with Crippen LogP contribution in [0.25, 0.3) is 0 Å². The Bertz CT molecular complexity index is 725. The van der Waals surface area contributed by atoms with Crippen LogP contribution in [0.4, 0.5) is 4.79 Å². The Morgan fingerprint density at radius 3 is 2.82 bits per heavy atom. The molecule has 0 aliphatic carbocycles. The van der Waals surface area contributed by atoms with Gasteiger partial charge in [-0.3, -0.25) is 5.32 Å². The molecule has 120 valence electrons. The highest BCUT2D eigenvalue weighted by molar-refractivity contribution is 7.92. The minimum Gasteiger partial charge on any atom is -0.342 e. The SMILES string of the molecule is COC1N=C(NC(=O)NS(=O)(=O)c2sccc2C)N=CN1C. The first-order valence-corrected chi connectivity index (χ1v) is 8.44. The number of amides is 2. The number of ether oxygens (including phenoxy) is 1. The number of hydrogen-bond donors (Lipinski definition) is 2. The van der Waals surface area contributed by atoms with Gasteiger partial charge < -0.3 is 9.64 Å². The Morgan fingerprint density at radius 1 is 1.50 bits per heavy atom. The molecular formula is C11H15N5O4S2. The normalized spacial score (nSPS) is 18.0. The lowest BCUT2D eigenvalue weighted by Gasteiger charge is -2.24. The van der Waals surface area contributed by atoms with E-state index >= 15 is 0 Å². The summed E-state index contributed by atoms with van der Waals surface area (Å²) in [7, 11) is -0.773. The molecule has 2 amide bonds. The van der Waals surface area contributed by atoms with Crippen LogP contribution in [0.2, 0.25) is 0 Å². The fourth-order valence-electron chi connectivity index (χ4n) is 1.64. The van der Waals surface area contributed by atoms with Gasteiger partial charge in [0.25, 0.3) is 10.0 Å². The summed E-state index contributed by atoms with van der Waals surface area (Å²) in [4.78, 5) is 21.2. The van der Waals surface area contributed by atoms with E-state index in [1.54, 1.807) is 30.3 Å². The number of carbonyl (C=O) groups excluding carboxylic acids is 1. The number of urea groups is 1. The van der Waals surface area contributed by atoms with E-state index in [1.165, 1.54) is 13.4 Å². The molecule has 0 saturated carbocycles. The van der Waals surface area contributed by atoms with Gasteiger partial charge in [0, 0.05) is 14.2 Å². The van der Waals surface area contributed by atoms with Gasteiger partial charge in [0.15, 0.2) is 0 Å². The maximum atomic E-state index is 12.1. The van der Waals surface area contributed by atoms with E-state index in [2.05, 4.69) is 15.3 Å². The first-order chi connectivity index (χ1) is 10.3. The van der Waals surface area contributed by atoms with Gasteiger partial charge in [-0.25, -0.2) is 22.9 Å². The second-order valence-electron chi connectivity index (χ2n) is 4.38. The molecule has 1 aromatic heterocycles. The second kappa shape index (κ2) is 6.42. The summed E-state index contributed by atoms with van der Waals surface area (Å²) in [5.41, 5.74) is 0.569. The average molecular weight is 345 g/mol. The van der Waals surface area contributed by atoms with E-state index in [9.17, 15) is 13.2 Å². The highest BCUT2D eigenvalue weighted by atomic mass is 32.2. The van der Waals surface area contributed by atoms with Crippen molar-refractivity contribution in [3.8, 4) is 0 Å². The highest BCUT2D eigenvalue weighted by Gasteiger charge is 2.23. The number of rotatable bonds is 3. The van der Waals surface area contributed by atoms with Gasteiger partial charge in [0.1, 0.15) is 4.21 Å². The van der Waals surface area contributed by atoms with Crippen LogP contribution in [0.1, 0.15) is 5.56 Å². The van der Waals surface area contributed by atoms with Crippen LogP contribution in [0, 0.1) is 6.92 Å². The quantitative estimate of drug-likeness (QED) is 0.818. The fraction of sp³-hybridized carbons (Fsp3) is 0.364. The molecule has 1 aliphatic rings. The number of guanidine groups is 1. The minimum absolute atomic E-state index is 0.0412. The Labute approximate surface area is 131 Å². The maximum absolute atomic E-state index is 12.1. The number of nitrogens with one attached hydrogen (secondary N) is 2. The molecule has 2 N–H and O–H groups in total. The van der Waals surface area contributed by atoms with Gasteiger partial charge in [-0.1, -0.05) is 0 Å². The summed E-state index contributed by atoms with van der Waals surface area (Å²) in [5.74, 6) is -0.0412. The lowest BCUT2D eigenvalue weighted by atomic mass is 10.4. The largest absolute Gasteiger partial charge is 0.342 e. The van der Waals surface area contributed by atoms with Gasteiger partial charge >= 0.3 is 6.03 Å².